The van der Waals surface area contributed by atoms with E-state index in [9.17, 15) is 0 Å². The standard InChI is InChI=1S/C39H25NO/c1-2-11-27(12-3-1)31-22-21-28-14-5-7-17-30(28)38(31)41-39-34-19-9-8-18-33(34)37(36-25-40-24-23-35(36)39)32-20-10-15-26-13-4-6-16-29(26)32/h1-25H. The highest BCUT2D eigenvalue weighted by Crippen LogP contribution is 2.48. The SMILES string of the molecule is c1ccc(-c2ccc3ccccc3c2Oc2c3ccccc3c(-c3cccc4ccccc34)c3cnccc23)cc1. The zero-order valence-electron chi connectivity index (χ0n) is 22.3. The molecule has 0 radical (unpaired) electrons. The molecule has 0 atom stereocenters. The average Bonchev–Trinajstić information content (AvgIpc) is 3.05. The van der Waals surface area contributed by atoms with E-state index >= 15 is 0 Å². The summed E-state index contributed by atoms with van der Waals surface area (Å²) in [7, 11) is 0. The van der Waals surface area contributed by atoms with Crippen molar-refractivity contribution in [3.63, 3.8) is 0 Å². The number of hydrogen-bond donors (Lipinski definition) is 0. The van der Waals surface area contributed by atoms with Gasteiger partial charge in [-0.2, -0.15) is 0 Å². The van der Waals surface area contributed by atoms with Crippen molar-refractivity contribution in [2.75, 3.05) is 0 Å². The van der Waals surface area contributed by atoms with Gasteiger partial charge in [-0.1, -0.05) is 127 Å². The van der Waals surface area contributed by atoms with Crippen molar-refractivity contribution in [1.29, 1.82) is 0 Å². The van der Waals surface area contributed by atoms with Gasteiger partial charge < -0.3 is 4.74 Å². The molecule has 0 amide bonds. The molecule has 0 aliphatic carbocycles. The van der Waals surface area contributed by atoms with Crippen LogP contribution >= 0.6 is 0 Å². The predicted octanol–water partition coefficient (Wildman–Crippen LogP) is 10.8. The van der Waals surface area contributed by atoms with Crippen molar-refractivity contribution in [2.45, 2.75) is 0 Å². The van der Waals surface area contributed by atoms with Gasteiger partial charge in [-0.15, -0.1) is 0 Å². The van der Waals surface area contributed by atoms with Gasteiger partial charge in [-0.3, -0.25) is 4.98 Å². The summed E-state index contributed by atoms with van der Waals surface area (Å²) in [6.07, 6.45) is 3.84. The number of rotatable bonds is 4. The average molecular weight is 524 g/mol. The molecule has 1 aromatic heterocycles. The van der Waals surface area contributed by atoms with Crippen molar-refractivity contribution >= 4 is 43.1 Å². The van der Waals surface area contributed by atoms with Crippen LogP contribution in [0.4, 0.5) is 0 Å². The van der Waals surface area contributed by atoms with Crippen molar-refractivity contribution in [3.05, 3.63) is 152 Å². The lowest BCUT2D eigenvalue weighted by molar-refractivity contribution is 0.501. The van der Waals surface area contributed by atoms with Crippen molar-refractivity contribution in [2.24, 2.45) is 0 Å². The minimum absolute atomic E-state index is 0.843. The molecular weight excluding hydrogens is 498 g/mol. The molecule has 8 rings (SSSR count). The molecule has 0 aliphatic heterocycles. The van der Waals surface area contributed by atoms with E-state index in [1.165, 1.54) is 21.9 Å². The second-order valence-corrected chi connectivity index (χ2v) is 10.3. The first-order chi connectivity index (χ1) is 20.4. The molecular formula is C39H25NO. The molecule has 1 heterocycles. The molecule has 0 saturated heterocycles. The van der Waals surface area contributed by atoms with Crippen LogP contribution in [0.3, 0.4) is 0 Å². The highest BCUT2D eigenvalue weighted by molar-refractivity contribution is 6.20. The van der Waals surface area contributed by atoms with Gasteiger partial charge in [0, 0.05) is 39.5 Å². The number of ether oxygens (including phenoxy) is 1. The van der Waals surface area contributed by atoms with E-state index in [0.717, 1.165) is 54.9 Å². The smallest absolute Gasteiger partial charge is 0.143 e. The van der Waals surface area contributed by atoms with E-state index in [1.807, 2.05) is 18.5 Å². The Morgan fingerprint density at radius 3 is 1.85 bits per heavy atom. The fraction of sp³-hybridized carbons (Fsp3) is 0. The summed E-state index contributed by atoms with van der Waals surface area (Å²) in [6.45, 7) is 0. The van der Waals surface area contributed by atoms with E-state index in [-0.39, 0.29) is 0 Å². The Kier molecular flexibility index (Phi) is 5.49. The Labute approximate surface area is 238 Å². The summed E-state index contributed by atoms with van der Waals surface area (Å²) in [5.41, 5.74) is 4.55. The van der Waals surface area contributed by atoms with Crippen LogP contribution in [0.5, 0.6) is 11.5 Å². The van der Waals surface area contributed by atoms with Crippen LogP contribution in [-0.4, -0.2) is 4.98 Å². The van der Waals surface area contributed by atoms with Crippen molar-refractivity contribution < 1.29 is 4.74 Å². The van der Waals surface area contributed by atoms with E-state index in [4.69, 9.17) is 4.74 Å². The van der Waals surface area contributed by atoms with Gasteiger partial charge in [0.1, 0.15) is 11.5 Å². The van der Waals surface area contributed by atoms with Gasteiger partial charge in [-0.25, -0.2) is 0 Å². The molecule has 0 spiro atoms. The van der Waals surface area contributed by atoms with Crippen LogP contribution in [0, 0.1) is 0 Å². The first kappa shape index (κ1) is 23.4. The Hall–Kier alpha value is -5.47. The van der Waals surface area contributed by atoms with Crippen LogP contribution in [-0.2, 0) is 0 Å². The van der Waals surface area contributed by atoms with Gasteiger partial charge >= 0.3 is 0 Å². The molecule has 192 valence electrons. The second-order valence-electron chi connectivity index (χ2n) is 10.3. The van der Waals surface area contributed by atoms with Gasteiger partial charge in [0.25, 0.3) is 0 Å². The van der Waals surface area contributed by atoms with Crippen LogP contribution < -0.4 is 4.74 Å². The molecule has 0 N–H and O–H groups in total. The minimum atomic E-state index is 0.843. The third-order valence-electron chi connectivity index (χ3n) is 8.00. The van der Waals surface area contributed by atoms with Gasteiger partial charge in [0.15, 0.2) is 0 Å². The van der Waals surface area contributed by atoms with Crippen molar-refractivity contribution in [3.8, 4) is 33.8 Å². The number of benzene rings is 7. The summed E-state index contributed by atoms with van der Waals surface area (Å²) < 4.78 is 7.15. The molecule has 0 bridgehead atoms. The fourth-order valence-corrected chi connectivity index (χ4v) is 6.12. The second kappa shape index (κ2) is 9.62. The Bertz CT molecular complexity index is 2170. The highest BCUT2D eigenvalue weighted by atomic mass is 16.5. The molecule has 41 heavy (non-hydrogen) atoms. The molecule has 7 aromatic carbocycles. The molecule has 0 aliphatic rings. The Balaban J connectivity index is 1.46. The first-order valence-corrected chi connectivity index (χ1v) is 13.9. The quantitative estimate of drug-likeness (QED) is 0.214. The van der Waals surface area contributed by atoms with Crippen molar-refractivity contribution in [1.82, 2.24) is 4.98 Å². The van der Waals surface area contributed by atoms with E-state index in [0.29, 0.717) is 0 Å². The maximum absolute atomic E-state index is 7.15. The van der Waals surface area contributed by atoms with Crippen LogP contribution in [0.1, 0.15) is 0 Å². The number of aromatic nitrogens is 1. The van der Waals surface area contributed by atoms with Gasteiger partial charge in [0.2, 0.25) is 0 Å². The lowest BCUT2D eigenvalue weighted by atomic mass is 9.89. The summed E-state index contributed by atoms with van der Waals surface area (Å²) >= 11 is 0. The van der Waals surface area contributed by atoms with Gasteiger partial charge in [0.05, 0.1) is 0 Å². The van der Waals surface area contributed by atoms with Gasteiger partial charge in [-0.05, 0) is 50.4 Å². The summed E-state index contributed by atoms with van der Waals surface area (Å²) in [5, 5.41) is 8.98. The molecule has 0 fully saturated rings. The molecule has 0 saturated carbocycles. The van der Waals surface area contributed by atoms with Crippen LogP contribution in [0.2, 0.25) is 0 Å². The molecule has 8 aromatic rings. The molecule has 2 heteroatoms. The minimum Gasteiger partial charge on any atom is -0.455 e. The number of fused-ring (bicyclic) bond motifs is 4. The third kappa shape index (κ3) is 3.84. The summed E-state index contributed by atoms with van der Waals surface area (Å²) in [4.78, 5) is 4.59. The van der Waals surface area contributed by atoms with Crippen LogP contribution in [0.15, 0.2) is 152 Å². The topological polar surface area (TPSA) is 22.1 Å². The molecule has 0 unspecified atom stereocenters. The summed E-state index contributed by atoms with van der Waals surface area (Å²) in [6, 6.07) is 49.0. The normalized spacial score (nSPS) is 11.4. The zero-order valence-corrected chi connectivity index (χ0v) is 22.3. The van der Waals surface area contributed by atoms with Crippen LogP contribution in [0.25, 0.3) is 65.3 Å². The monoisotopic (exact) mass is 523 g/mol. The lowest BCUT2D eigenvalue weighted by Crippen LogP contribution is -1.95. The number of hydrogen-bond acceptors (Lipinski definition) is 2. The van der Waals surface area contributed by atoms with E-state index < -0.39 is 0 Å². The van der Waals surface area contributed by atoms with E-state index in [1.54, 1.807) is 0 Å². The predicted molar refractivity (Wildman–Crippen MR) is 172 cm³/mol. The Morgan fingerprint density at radius 1 is 0.390 bits per heavy atom. The number of nitrogens with zero attached hydrogens (tertiary/aromatic N) is 1. The number of pyridine rings is 1. The maximum atomic E-state index is 7.15. The first-order valence-electron chi connectivity index (χ1n) is 13.9. The van der Waals surface area contributed by atoms with E-state index in [2.05, 4.69) is 138 Å². The molecule has 2 nitrogen and oxygen atoms in total. The highest BCUT2D eigenvalue weighted by Gasteiger charge is 2.20. The summed E-state index contributed by atoms with van der Waals surface area (Å²) in [5.74, 6) is 1.70. The third-order valence-corrected chi connectivity index (χ3v) is 8.00. The lowest BCUT2D eigenvalue weighted by Gasteiger charge is -2.20. The zero-order chi connectivity index (χ0) is 27.2. The fourth-order valence-electron chi connectivity index (χ4n) is 6.12. The largest absolute Gasteiger partial charge is 0.455 e. The Morgan fingerprint density at radius 2 is 1.02 bits per heavy atom. The maximum Gasteiger partial charge on any atom is 0.143 e.